The quantitative estimate of drug-likeness (QED) is 0.803. The number of halogens is 2. The molecule has 0 radical (unpaired) electrons. The Balaban J connectivity index is 2.15. The molecule has 1 aromatic rings. The van der Waals surface area contributed by atoms with E-state index in [1.54, 1.807) is 0 Å². The van der Waals surface area contributed by atoms with Crippen LogP contribution in [0.3, 0.4) is 0 Å². The van der Waals surface area contributed by atoms with Gasteiger partial charge in [-0.15, -0.1) is 0 Å². The molecule has 0 saturated carbocycles. The molecule has 0 bridgehead atoms. The van der Waals surface area contributed by atoms with Gasteiger partial charge in [-0.1, -0.05) is 25.9 Å². The molecule has 0 aromatic carbocycles. The van der Waals surface area contributed by atoms with E-state index in [1.165, 1.54) is 0 Å². The molecule has 0 spiro atoms. The summed E-state index contributed by atoms with van der Waals surface area (Å²) in [5.74, 6) is -1.89. The maximum absolute atomic E-state index is 13.0. The first-order chi connectivity index (χ1) is 7.28. The number of hydrogen-bond acceptors (Lipinski definition) is 4. The highest BCUT2D eigenvalue weighted by atomic mass is 19.3. The van der Waals surface area contributed by atoms with E-state index < -0.39 is 12.0 Å². The third kappa shape index (κ3) is 2.21. The summed E-state index contributed by atoms with van der Waals surface area (Å²) >= 11 is 0. The zero-order valence-electron chi connectivity index (χ0n) is 9.55. The highest BCUT2D eigenvalue weighted by Gasteiger charge is 2.42. The average molecular weight is 231 g/mol. The van der Waals surface area contributed by atoms with Crippen molar-refractivity contribution in [3.8, 4) is 0 Å². The van der Waals surface area contributed by atoms with Gasteiger partial charge in [0.2, 0.25) is 5.89 Å². The second-order valence-corrected chi connectivity index (χ2v) is 5.20. The number of rotatable bonds is 1. The lowest BCUT2D eigenvalue weighted by Gasteiger charge is -2.11. The van der Waals surface area contributed by atoms with Crippen molar-refractivity contribution in [1.82, 2.24) is 15.5 Å². The third-order valence-corrected chi connectivity index (χ3v) is 2.52. The summed E-state index contributed by atoms with van der Waals surface area (Å²) < 4.78 is 30.9. The van der Waals surface area contributed by atoms with Crippen molar-refractivity contribution in [3.05, 3.63) is 11.7 Å². The molecule has 1 aliphatic rings. The Bertz CT molecular complexity index is 384. The van der Waals surface area contributed by atoms with Crippen molar-refractivity contribution in [2.45, 2.75) is 44.6 Å². The van der Waals surface area contributed by atoms with Crippen LogP contribution in [-0.4, -0.2) is 22.6 Å². The SMILES string of the molecule is CC(C)(C)c1noc([C@H]2CC(F)(F)CN2)n1. The molecule has 1 aromatic heterocycles. The Kier molecular flexibility index (Phi) is 2.49. The van der Waals surface area contributed by atoms with Gasteiger partial charge in [0.15, 0.2) is 5.82 Å². The Morgan fingerprint density at radius 1 is 1.44 bits per heavy atom. The van der Waals surface area contributed by atoms with Gasteiger partial charge in [0.25, 0.3) is 5.92 Å². The summed E-state index contributed by atoms with van der Waals surface area (Å²) in [5, 5.41) is 6.49. The van der Waals surface area contributed by atoms with Gasteiger partial charge < -0.3 is 4.52 Å². The molecule has 1 aliphatic heterocycles. The topological polar surface area (TPSA) is 51.0 Å². The summed E-state index contributed by atoms with van der Waals surface area (Å²) in [6, 6.07) is -0.529. The van der Waals surface area contributed by atoms with Crippen LogP contribution in [0, 0.1) is 0 Å². The Morgan fingerprint density at radius 2 is 2.12 bits per heavy atom. The fraction of sp³-hybridized carbons (Fsp3) is 0.800. The highest BCUT2D eigenvalue weighted by Crippen LogP contribution is 2.33. The second kappa shape index (κ2) is 3.48. The monoisotopic (exact) mass is 231 g/mol. The predicted octanol–water partition coefficient (Wildman–Crippen LogP) is 2.04. The zero-order valence-corrected chi connectivity index (χ0v) is 9.55. The van der Waals surface area contributed by atoms with Crippen LogP contribution in [-0.2, 0) is 5.41 Å². The van der Waals surface area contributed by atoms with E-state index in [-0.39, 0.29) is 24.3 Å². The molecule has 2 rings (SSSR count). The van der Waals surface area contributed by atoms with Crippen molar-refractivity contribution < 1.29 is 13.3 Å². The van der Waals surface area contributed by atoms with Crippen molar-refractivity contribution >= 4 is 0 Å². The molecule has 16 heavy (non-hydrogen) atoms. The van der Waals surface area contributed by atoms with Gasteiger partial charge >= 0.3 is 0 Å². The van der Waals surface area contributed by atoms with Gasteiger partial charge in [0.1, 0.15) is 0 Å². The Hall–Kier alpha value is -1.04. The maximum atomic E-state index is 13.0. The van der Waals surface area contributed by atoms with Crippen LogP contribution < -0.4 is 5.32 Å². The third-order valence-electron chi connectivity index (χ3n) is 2.52. The highest BCUT2D eigenvalue weighted by molar-refractivity contribution is 5.04. The van der Waals surface area contributed by atoms with Crippen LogP contribution in [0.4, 0.5) is 8.78 Å². The maximum Gasteiger partial charge on any atom is 0.262 e. The summed E-state index contributed by atoms with van der Waals surface area (Å²) in [7, 11) is 0. The first kappa shape index (κ1) is 11.4. The fourth-order valence-corrected chi connectivity index (χ4v) is 1.57. The van der Waals surface area contributed by atoms with Crippen molar-refractivity contribution in [2.75, 3.05) is 6.54 Å². The molecule has 0 amide bonds. The van der Waals surface area contributed by atoms with Gasteiger partial charge in [-0.3, -0.25) is 5.32 Å². The van der Waals surface area contributed by atoms with Crippen molar-refractivity contribution in [2.24, 2.45) is 0 Å². The molecule has 0 unspecified atom stereocenters. The first-order valence-corrected chi connectivity index (χ1v) is 5.23. The normalized spacial score (nSPS) is 24.9. The lowest BCUT2D eigenvalue weighted by molar-refractivity contribution is 0.0200. The van der Waals surface area contributed by atoms with Gasteiger partial charge in [0, 0.05) is 11.8 Å². The molecule has 1 saturated heterocycles. The predicted molar refractivity (Wildman–Crippen MR) is 53.3 cm³/mol. The number of nitrogens with zero attached hydrogens (tertiary/aromatic N) is 2. The smallest absolute Gasteiger partial charge is 0.262 e. The fourth-order valence-electron chi connectivity index (χ4n) is 1.57. The molecule has 1 atom stereocenters. The van der Waals surface area contributed by atoms with Gasteiger partial charge in [-0.2, -0.15) is 4.98 Å². The molecule has 90 valence electrons. The van der Waals surface area contributed by atoms with Crippen LogP contribution in [0.2, 0.25) is 0 Å². The standard InChI is InChI=1S/C10H15F2N3O/c1-9(2,3)8-14-7(16-15-8)6-4-10(11,12)5-13-6/h6,13H,4-5H2,1-3H3/t6-/m1/s1. The molecule has 1 N–H and O–H groups in total. The number of hydrogen-bond donors (Lipinski definition) is 1. The van der Waals surface area contributed by atoms with Crippen LogP contribution in [0.1, 0.15) is 44.9 Å². The van der Waals surface area contributed by atoms with Crippen LogP contribution in [0.15, 0.2) is 4.52 Å². The molecular formula is C10H15F2N3O. The molecule has 0 aliphatic carbocycles. The second-order valence-electron chi connectivity index (χ2n) is 5.20. The molecular weight excluding hydrogens is 216 g/mol. The van der Waals surface area contributed by atoms with Gasteiger partial charge in [0.05, 0.1) is 12.6 Å². The number of alkyl halides is 2. The summed E-state index contributed by atoms with van der Waals surface area (Å²) in [5.41, 5.74) is -0.233. The molecule has 4 nitrogen and oxygen atoms in total. The van der Waals surface area contributed by atoms with E-state index in [0.717, 1.165) is 0 Å². The van der Waals surface area contributed by atoms with Crippen LogP contribution >= 0.6 is 0 Å². The van der Waals surface area contributed by atoms with E-state index in [1.807, 2.05) is 20.8 Å². The summed E-state index contributed by atoms with van der Waals surface area (Å²) in [6.07, 6.45) is -0.279. The first-order valence-electron chi connectivity index (χ1n) is 5.23. The minimum Gasteiger partial charge on any atom is -0.338 e. The van der Waals surface area contributed by atoms with Crippen molar-refractivity contribution in [1.29, 1.82) is 0 Å². The summed E-state index contributed by atoms with van der Waals surface area (Å²) in [6.45, 7) is 5.50. The largest absolute Gasteiger partial charge is 0.338 e. The van der Waals surface area contributed by atoms with Crippen molar-refractivity contribution in [3.63, 3.8) is 0 Å². The molecule has 1 fully saturated rings. The van der Waals surface area contributed by atoms with E-state index in [0.29, 0.717) is 5.82 Å². The van der Waals surface area contributed by atoms with E-state index in [4.69, 9.17) is 4.52 Å². The average Bonchev–Trinajstić information content (AvgIpc) is 2.68. The summed E-state index contributed by atoms with van der Waals surface area (Å²) in [4.78, 5) is 4.16. The minimum atomic E-state index is -2.68. The molecule has 2 heterocycles. The van der Waals surface area contributed by atoms with Gasteiger partial charge in [-0.25, -0.2) is 8.78 Å². The zero-order chi connectivity index (χ0) is 12.0. The van der Waals surface area contributed by atoms with Crippen LogP contribution in [0.25, 0.3) is 0 Å². The minimum absolute atomic E-state index is 0.233. The Morgan fingerprint density at radius 3 is 2.56 bits per heavy atom. The van der Waals surface area contributed by atoms with Gasteiger partial charge in [-0.05, 0) is 0 Å². The number of aromatic nitrogens is 2. The lowest BCUT2D eigenvalue weighted by Crippen LogP contribution is -2.19. The number of nitrogens with one attached hydrogen (secondary N) is 1. The van der Waals surface area contributed by atoms with E-state index in [2.05, 4.69) is 15.5 Å². The molecule has 6 heteroatoms. The van der Waals surface area contributed by atoms with Crippen LogP contribution in [0.5, 0.6) is 0 Å². The van der Waals surface area contributed by atoms with E-state index in [9.17, 15) is 8.78 Å². The lowest BCUT2D eigenvalue weighted by atomic mass is 9.96. The van der Waals surface area contributed by atoms with E-state index >= 15 is 0 Å². The Labute approximate surface area is 92.4 Å².